The van der Waals surface area contributed by atoms with Crippen molar-refractivity contribution in [2.24, 2.45) is 0 Å². The minimum absolute atomic E-state index is 0. The SMILES string of the molecule is CN(Cc1sc2ccccc2c1Cl)C1CCNC1.Cl. The van der Waals surface area contributed by atoms with E-state index in [4.69, 9.17) is 11.6 Å². The third-order valence-electron chi connectivity index (χ3n) is 3.65. The highest BCUT2D eigenvalue weighted by molar-refractivity contribution is 7.19. The fourth-order valence-corrected chi connectivity index (χ4v) is 4.09. The van der Waals surface area contributed by atoms with Crippen molar-refractivity contribution in [2.75, 3.05) is 20.1 Å². The lowest BCUT2D eigenvalue weighted by molar-refractivity contribution is 0.251. The van der Waals surface area contributed by atoms with Crippen molar-refractivity contribution in [3.05, 3.63) is 34.2 Å². The number of hydrogen-bond acceptors (Lipinski definition) is 3. The molecule has 0 bridgehead atoms. The summed E-state index contributed by atoms with van der Waals surface area (Å²) in [4.78, 5) is 3.70. The number of benzene rings is 1. The van der Waals surface area contributed by atoms with Crippen LogP contribution < -0.4 is 5.32 Å². The molecule has 1 aromatic carbocycles. The average Bonchev–Trinajstić information content (AvgIpc) is 3.00. The molecular weight excluding hydrogens is 299 g/mol. The monoisotopic (exact) mass is 316 g/mol. The van der Waals surface area contributed by atoms with Gasteiger partial charge in [-0.2, -0.15) is 0 Å². The summed E-state index contributed by atoms with van der Waals surface area (Å²) in [6.45, 7) is 3.18. The van der Waals surface area contributed by atoms with Gasteiger partial charge in [0.25, 0.3) is 0 Å². The Morgan fingerprint density at radius 2 is 2.21 bits per heavy atom. The lowest BCUT2D eigenvalue weighted by atomic mass is 10.2. The van der Waals surface area contributed by atoms with E-state index in [1.165, 1.54) is 21.4 Å². The smallest absolute Gasteiger partial charge is 0.0637 e. The van der Waals surface area contributed by atoms with E-state index in [2.05, 4.69) is 41.5 Å². The Morgan fingerprint density at radius 3 is 2.89 bits per heavy atom. The van der Waals surface area contributed by atoms with Gasteiger partial charge in [-0.1, -0.05) is 29.8 Å². The fourth-order valence-electron chi connectivity index (χ4n) is 2.54. The van der Waals surface area contributed by atoms with E-state index >= 15 is 0 Å². The minimum Gasteiger partial charge on any atom is -0.315 e. The van der Waals surface area contributed by atoms with Crippen molar-refractivity contribution in [1.29, 1.82) is 0 Å². The van der Waals surface area contributed by atoms with Crippen LogP contribution in [0, 0.1) is 0 Å². The highest BCUT2D eigenvalue weighted by Gasteiger charge is 2.21. The molecule has 1 N–H and O–H groups in total. The Labute approximate surface area is 129 Å². The highest BCUT2D eigenvalue weighted by atomic mass is 35.5. The second-order valence-corrected chi connectivity index (χ2v) is 6.41. The molecule has 2 aromatic rings. The second-order valence-electron chi connectivity index (χ2n) is 4.90. The molecule has 0 spiro atoms. The second kappa shape index (κ2) is 6.42. The molecule has 5 heteroatoms. The zero-order valence-corrected chi connectivity index (χ0v) is 13.2. The van der Waals surface area contributed by atoms with Crippen LogP contribution in [-0.2, 0) is 6.54 Å². The van der Waals surface area contributed by atoms with Crippen LogP contribution >= 0.6 is 35.3 Å². The predicted molar refractivity (Wildman–Crippen MR) is 86.8 cm³/mol. The summed E-state index contributed by atoms with van der Waals surface area (Å²) in [5.41, 5.74) is 0. The zero-order valence-electron chi connectivity index (χ0n) is 10.9. The first-order chi connectivity index (χ1) is 8.75. The van der Waals surface area contributed by atoms with E-state index in [0.717, 1.165) is 24.7 Å². The van der Waals surface area contributed by atoms with Gasteiger partial charge < -0.3 is 5.32 Å². The number of nitrogens with one attached hydrogen (secondary N) is 1. The fraction of sp³-hybridized carbons (Fsp3) is 0.429. The minimum atomic E-state index is 0. The molecular formula is C14H18Cl2N2S. The van der Waals surface area contributed by atoms with Crippen LogP contribution in [0.5, 0.6) is 0 Å². The van der Waals surface area contributed by atoms with E-state index in [-0.39, 0.29) is 12.4 Å². The summed E-state index contributed by atoms with van der Waals surface area (Å²) < 4.78 is 1.29. The van der Waals surface area contributed by atoms with Crippen LogP contribution in [0.2, 0.25) is 5.02 Å². The third-order valence-corrected chi connectivity index (χ3v) is 5.35. The molecule has 1 saturated heterocycles. The predicted octanol–water partition coefficient (Wildman–Crippen LogP) is 3.77. The molecule has 0 aliphatic carbocycles. The van der Waals surface area contributed by atoms with Crippen LogP contribution in [0.15, 0.2) is 24.3 Å². The maximum absolute atomic E-state index is 6.48. The van der Waals surface area contributed by atoms with Crippen LogP contribution in [0.1, 0.15) is 11.3 Å². The number of halogens is 2. The standard InChI is InChI=1S/C14H17ClN2S.ClH/c1-17(10-6-7-16-8-10)9-13-14(15)11-4-2-3-5-12(11)18-13;/h2-5,10,16H,6-9H2,1H3;1H. The van der Waals surface area contributed by atoms with Crippen molar-refractivity contribution in [2.45, 2.75) is 19.0 Å². The van der Waals surface area contributed by atoms with Gasteiger partial charge in [0.05, 0.1) is 5.02 Å². The third kappa shape index (κ3) is 3.06. The Morgan fingerprint density at radius 1 is 1.42 bits per heavy atom. The molecule has 0 amide bonds. The lowest BCUT2D eigenvalue weighted by Crippen LogP contribution is -2.32. The molecule has 19 heavy (non-hydrogen) atoms. The number of fused-ring (bicyclic) bond motifs is 1. The molecule has 1 atom stereocenters. The zero-order chi connectivity index (χ0) is 12.5. The summed E-state index contributed by atoms with van der Waals surface area (Å²) in [5, 5.41) is 5.54. The summed E-state index contributed by atoms with van der Waals surface area (Å²) in [7, 11) is 2.19. The normalized spacial score (nSPS) is 19.0. The first-order valence-corrected chi connectivity index (χ1v) is 7.52. The number of rotatable bonds is 3. The van der Waals surface area contributed by atoms with Gasteiger partial charge in [-0.05, 0) is 26.1 Å². The lowest BCUT2D eigenvalue weighted by Gasteiger charge is -2.22. The van der Waals surface area contributed by atoms with Gasteiger partial charge in [0, 0.05) is 34.1 Å². The molecule has 3 rings (SSSR count). The summed E-state index contributed by atoms with van der Waals surface area (Å²) in [6.07, 6.45) is 1.24. The van der Waals surface area contributed by atoms with Crippen molar-refractivity contribution in [3.8, 4) is 0 Å². The van der Waals surface area contributed by atoms with Crippen LogP contribution in [-0.4, -0.2) is 31.1 Å². The van der Waals surface area contributed by atoms with Gasteiger partial charge >= 0.3 is 0 Å². The maximum atomic E-state index is 6.48. The Hall–Kier alpha value is -0.320. The Bertz CT molecular complexity index is 549. The first kappa shape index (κ1) is 15.1. The molecule has 2 nitrogen and oxygen atoms in total. The van der Waals surface area contributed by atoms with Gasteiger partial charge in [-0.15, -0.1) is 23.7 Å². The number of hydrogen-bond donors (Lipinski definition) is 1. The van der Waals surface area contributed by atoms with E-state index in [0.29, 0.717) is 6.04 Å². The van der Waals surface area contributed by atoms with Crippen molar-refractivity contribution >= 4 is 45.4 Å². The van der Waals surface area contributed by atoms with Crippen molar-refractivity contribution < 1.29 is 0 Å². The topological polar surface area (TPSA) is 15.3 Å². The summed E-state index contributed by atoms with van der Waals surface area (Å²) in [6, 6.07) is 9.02. The molecule has 1 fully saturated rings. The van der Waals surface area contributed by atoms with E-state index in [1.807, 2.05) is 11.3 Å². The highest BCUT2D eigenvalue weighted by Crippen LogP contribution is 2.36. The van der Waals surface area contributed by atoms with Crippen molar-refractivity contribution in [1.82, 2.24) is 10.2 Å². The Balaban J connectivity index is 0.00000133. The quantitative estimate of drug-likeness (QED) is 0.927. The van der Waals surface area contributed by atoms with E-state index < -0.39 is 0 Å². The molecule has 1 aliphatic rings. The van der Waals surface area contributed by atoms with E-state index in [9.17, 15) is 0 Å². The summed E-state index contributed by atoms with van der Waals surface area (Å²) in [5.74, 6) is 0. The molecule has 1 aromatic heterocycles. The Kier molecular flexibility index (Phi) is 5.09. The van der Waals surface area contributed by atoms with Gasteiger partial charge in [0.2, 0.25) is 0 Å². The molecule has 0 saturated carbocycles. The maximum Gasteiger partial charge on any atom is 0.0637 e. The molecule has 2 heterocycles. The van der Waals surface area contributed by atoms with Crippen LogP contribution in [0.3, 0.4) is 0 Å². The van der Waals surface area contributed by atoms with Gasteiger partial charge in [-0.3, -0.25) is 4.90 Å². The number of nitrogens with zero attached hydrogens (tertiary/aromatic N) is 1. The molecule has 1 aliphatic heterocycles. The van der Waals surface area contributed by atoms with E-state index in [1.54, 1.807) is 0 Å². The van der Waals surface area contributed by atoms with Crippen LogP contribution in [0.25, 0.3) is 10.1 Å². The van der Waals surface area contributed by atoms with Gasteiger partial charge in [-0.25, -0.2) is 0 Å². The number of thiophene rings is 1. The van der Waals surface area contributed by atoms with Gasteiger partial charge in [0.1, 0.15) is 0 Å². The molecule has 1 unspecified atom stereocenters. The van der Waals surface area contributed by atoms with Crippen LogP contribution in [0.4, 0.5) is 0 Å². The molecule has 0 radical (unpaired) electrons. The first-order valence-electron chi connectivity index (χ1n) is 6.32. The molecule has 104 valence electrons. The van der Waals surface area contributed by atoms with Gasteiger partial charge in [0.15, 0.2) is 0 Å². The summed E-state index contributed by atoms with van der Waals surface area (Å²) >= 11 is 8.29. The number of likely N-dealkylation sites (N-methyl/N-ethyl adjacent to an activating group) is 1. The average molecular weight is 317 g/mol. The largest absolute Gasteiger partial charge is 0.315 e. The van der Waals surface area contributed by atoms with Crippen molar-refractivity contribution in [3.63, 3.8) is 0 Å².